The summed E-state index contributed by atoms with van der Waals surface area (Å²) in [5.74, 6) is -0.886. The minimum atomic E-state index is -0.705. The molecule has 0 radical (unpaired) electrons. The molecule has 3 rings (SSSR count). The van der Waals surface area contributed by atoms with Crippen LogP contribution in [0.15, 0.2) is 52.1 Å². The summed E-state index contributed by atoms with van der Waals surface area (Å²) in [7, 11) is 3.07. The number of nitrogens with one attached hydrogen (secondary N) is 2. The smallest absolute Gasteiger partial charge is 0.258 e. The molecule has 3 aromatic rings. The van der Waals surface area contributed by atoms with Gasteiger partial charge >= 0.3 is 0 Å². The third kappa shape index (κ3) is 4.01. The number of aromatic hydroxyl groups is 1. The van der Waals surface area contributed by atoms with Gasteiger partial charge in [0.05, 0.1) is 16.2 Å². The largest absolute Gasteiger partial charge is 0.505 e. The number of anilines is 3. The van der Waals surface area contributed by atoms with Gasteiger partial charge in [0.2, 0.25) is 0 Å². The van der Waals surface area contributed by atoms with Gasteiger partial charge in [-0.25, -0.2) is 0 Å². The lowest BCUT2D eigenvalue weighted by Crippen LogP contribution is -2.42. The summed E-state index contributed by atoms with van der Waals surface area (Å²) in [6.07, 6.45) is 0.656. The zero-order chi connectivity index (χ0) is 22.9. The van der Waals surface area contributed by atoms with Crippen LogP contribution < -0.4 is 21.5 Å². The van der Waals surface area contributed by atoms with E-state index in [2.05, 4.69) is 10.6 Å². The van der Waals surface area contributed by atoms with E-state index in [4.69, 9.17) is 11.6 Å². The maximum Gasteiger partial charge on any atom is 0.258 e. The van der Waals surface area contributed by atoms with Crippen LogP contribution in [0.2, 0.25) is 5.02 Å². The molecule has 0 unspecified atom stereocenters. The second-order valence-corrected chi connectivity index (χ2v) is 8.14. The molecule has 3 aromatic carbocycles. The van der Waals surface area contributed by atoms with E-state index in [0.717, 1.165) is 5.56 Å². The number of carbonyl (C=O) groups excluding carboxylic acids is 1. The Labute approximate surface area is 185 Å². The molecule has 0 aliphatic carbocycles. The van der Waals surface area contributed by atoms with E-state index in [9.17, 15) is 19.5 Å². The number of benzene rings is 2. The molecular weight excluding hydrogens is 418 g/mol. The minimum absolute atomic E-state index is 0.0291. The summed E-state index contributed by atoms with van der Waals surface area (Å²) < 4.78 is 0. The van der Waals surface area contributed by atoms with Crippen molar-refractivity contribution in [1.29, 1.82) is 0 Å². The SMILES string of the molecule is CC[C@](C)(Nc1c(Nc2ccc(Cl)c(C(=O)N(C)C)c2O)c(=O)c1=O)c1ccccc1. The first kappa shape index (κ1) is 22.4. The Hall–Kier alpha value is -3.32. The van der Waals surface area contributed by atoms with Crippen molar-refractivity contribution in [3.05, 3.63) is 79.1 Å². The molecule has 8 heteroatoms. The highest BCUT2D eigenvalue weighted by molar-refractivity contribution is 6.34. The Morgan fingerprint density at radius 2 is 1.68 bits per heavy atom. The second kappa shape index (κ2) is 8.43. The maximum atomic E-state index is 12.4. The molecule has 7 nitrogen and oxygen atoms in total. The fourth-order valence-corrected chi connectivity index (χ4v) is 3.54. The summed E-state index contributed by atoms with van der Waals surface area (Å²) in [5.41, 5.74) is -0.803. The van der Waals surface area contributed by atoms with Gasteiger partial charge in [0, 0.05) is 14.1 Å². The van der Waals surface area contributed by atoms with Crippen molar-refractivity contribution >= 4 is 34.6 Å². The lowest BCUT2D eigenvalue weighted by molar-refractivity contribution is 0.0825. The van der Waals surface area contributed by atoms with Crippen molar-refractivity contribution < 1.29 is 9.90 Å². The zero-order valence-corrected chi connectivity index (χ0v) is 18.5. The van der Waals surface area contributed by atoms with Crippen molar-refractivity contribution in [2.45, 2.75) is 25.8 Å². The van der Waals surface area contributed by atoms with E-state index in [-0.39, 0.29) is 27.6 Å². The Balaban J connectivity index is 1.99. The Kier molecular flexibility index (Phi) is 6.08. The fraction of sp³-hybridized carbons (Fsp3) is 0.261. The summed E-state index contributed by atoms with van der Waals surface area (Å²) in [4.78, 5) is 38.3. The normalized spacial score (nSPS) is 12.9. The number of nitrogens with zero attached hydrogens (tertiary/aromatic N) is 1. The molecule has 0 spiro atoms. The van der Waals surface area contributed by atoms with E-state index in [1.165, 1.54) is 31.1 Å². The van der Waals surface area contributed by atoms with Gasteiger partial charge in [0.15, 0.2) is 5.75 Å². The molecule has 0 aliphatic heterocycles. The molecule has 3 N–H and O–H groups in total. The Morgan fingerprint density at radius 1 is 1.06 bits per heavy atom. The standard InChI is InChI=1S/C23H24ClN3O4/c1-5-23(2,13-9-7-6-8-10-13)26-18-17(20(29)21(18)30)25-15-12-11-14(24)16(19(15)28)22(31)27(3)4/h6-12,25-26,28H,5H2,1-4H3/t23-/m0/s1. The van der Waals surface area contributed by atoms with E-state index in [1.54, 1.807) is 0 Å². The zero-order valence-electron chi connectivity index (χ0n) is 17.7. The van der Waals surface area contributed by atoms with Crippen molar-refractivity contribution in [2.75, 3.05) is 24.7 Å². The molecule has 0 heterocycles. The third-order valence-corrected chi connectivity index (χ3v) is 5.75. The lowest BCUT2D eigenvalue weighted by atomic mass is 9.88. The van der Waals surface area contributed by atoms with Crippen molar-refractivity contribution in [2.24, 2.45) is 0 Å². The van der Waals surface area contributed by atoms with E-state index in [0.29, 0.717) is 6.42 Å². The molecule has 0 fully saturated rings. The number of hydrogen-bond donors (Lipinski definition) is 3. The monoisotopic (exact) mass is 441 g/mol. The van der Waals surface area contributed by atoms with Gasteiger partial charge in [-0.2, -0.15) is 0 Å². The number of phenolic OH excluding ortho intramolecular Hbond substituents is 1. The van der Waals surface area contributed by atoms with Crippen molar-refractivity contribution in [1.82, 2.24) is 4.90 Å². The van der Waals surface area contributed by atoms with E-state index >= 15 is 0 Å². The first-order valence-electron chi connectivity index (χ1n) is 9.78. The van der Waals surface area contributed by atoms with Crippen LogP contribution >= 0.6 is 11.6 Å². The van der Waals surface area contributed by atoms with Gasteiger partial charge in [0.1, 0.15) is 16.9 Å². The van der Waals surface area contributed by atoms with Crippen LogP contribution in [-0.2, 0) is 5.54 Å². The number of phenols is 1. The second-order valence-electron chi connectivity index (χ2n) is 7.73. The summed E-state index contributed by atoms with van der Waals surface area (Å²) in [6.45, 7) is 3.92. The molecule has 31 heavy (non-hydrogen) atoms. The molecule has 0 bridgehead atoms. The molecule has 1 amide bonds. The van der Waals surface area contributed by atoms with Crippen LogP contribution in [-0.4, -0.2) is 30.0 Å². The van der Waals surface area contributed by atoms with Crippen LogP contribution in [0.1, 0.15) is 36.2 Å². The average Bonchev–Trinajstić information content (AvgIpc) is 2.77. The number of hydrogen-bond acceptors (Lipinski definition) is 6. The molecule has 1 atom stereocenters. The van der Waals surface area contributed by atoms with Gasteiger partial charge in [-0.05, 0) is 31.0 Å². The first-order valence-corrected chi connectivity index (χ1v) is 10.2. The molecule has 162 valence electrons. The third-order valence-electron chi connectivity index (χ3n) is 5.44. The fourth-order valence-electron chi connectivity index (χ4n) is 3.31. The molecule has 0 saturated carbocycles. The summed E-state index contributed by atoms with van der Waals surface area (Å²) >= 11 is 6.10. The van der Waals surface area contributed by atoms with Crippen LogP contribution in [0.25, 0.3) is 0 Å². The van der Waals surface area contributed by atoms with Crippen LogP contribution in [0.4, 0.5) is 17.1 Å². The van der Waals surface area contributed by atoms with Gasteiger partial charge in [-0.3, -0.25) is 14.4 Å². The van der Waals surface area contributed by atoms with E-state index < -0.39 is 28.1 Å². The van der Waals surface area contributed by atoms with Crippen molar-refractivity contribution in [3.8, 4) is 5.75 Å². The lowest BCUT2D eigenvalue weighted by Gasteiger charge is -2.32. The predicted octanol–water partition coefficient (Wildman–Crippen LogP) is 3.82. The quantitative estimate of drug-likeness (QED) is 0.381. The number of amides is 1. The first-order chi connectivity index (χ1) is 14.6. The number of halogens is 1. The highest BCUT2D eigenvalue weighted by Crippen LogP contribution is 2.37. The highest BCUT2D eigenvalue weighted by Gasteiger charge is 2.31. The predicted molar refractivity (Wildman–Crippen MR) is 123 cm³/mol. The number of carbonyl (C=O) groups is 1. The van der Waals surface area contributed by atoms with Crippen LogP contribution in [0, 0.1) is 0 Å². The van der Waals surface area contributed by atoms with Gasteiger partial charge in [-0.15, -0.1) is 0 Å². The Morgan fingerprint density at radius 3 is 2.26 bits per heavy atom. The van der Waals surface area contributed by atoms with Crippen molar-refractivity contribution in [3.63, 3.8) is 0 Å². The van der Waals surface area contributed by atoms with Gasteiger partial charge < -0.3 is 20.6 Å². The van der Waals surface area contributed by atoms with Crippen LogP contribution in [0.3, 0.4) is 0 Å². The number of rotatable bonds is 7. The maximum absolute atomic E-state index is 12.4. The summed E-state index contributed by atoms with van der Waals surface area (Å²) in [5, 5.41) is 16.7. The topological polar surface area (TPSA) is 98.7 Å². The highest BCUT2D eigenvalue weighted by atomic mass is 35.5. The minimum Gasteiger partial charge on any atom is -0.505 e. The Bertz CT molecular complexity index is 1200. The van der Waals surface area contributed by atoms with Crippen LogP contribution in [0.5, 0.6) is 5.75 Å². The molecule has 0 aliphatic rings. The molecule has 0 saturated heterocycles. The average molecular weight is 442 g/mol. The molecular formula is C23H24ClN3O4. The van der Waals surface area contributed by atoms with Gasteiger partial charge in [0.25, 0.3) is 16.8 Å². The van der Waals surface area contributed by atoms with E-state index in [1.807, 2.05) is 44.2 Å². The van der Waals surface area contributed by atoms with Gasteiger partial charge in [-0.1, -0.05) is 48.9 Å². The summed E-state index contributed by atoms with van der Waals surface area (Å²) in [6, 6.07) is 12.5. The molecule has 0 aromatic heterocycles.